The van der Waals surface area contributed by atoms with Crippen LogP contribution >= 0.6 is 0 Å². The normalized spacial score (nSPS) is 20.2. The van der Waals surface area contributed by atoms with Crippen LogP contribution in [0, 0.1) is 5.92 Å². The topological polar surface area (TPSA) is 93.1 Å². The van der Waals surface area contributed by atoms with Crippen LogP contribution < -0.4 is 20.5 Å². The zero-order valence-electron chi connectivity index (χ0n) is 22.0. The van der Waals surface area contributed by atoms with E-state index in [-0.39, 0.29) is 23.3 Å². The Labute approximate surface area is 226 Å². The number of hydrogen-bond acceptors (Lipinski definition) is 6. The van der Waals surface area contributed by atoms with E-state index >= 15 is 0 Å². The molecule has 3 aliphatic rings. The van der Waals surface area contributed by atoms with Crippen molar-refractivity contribution in [2.75, 3.05) is 56.7 Å². The van der Waals surface area contributed by atoms with Gasteiger partial charge in [-0.1, -0.05) is 6.07 Å². The SMILES string of the molecule is COc1ccc(C(=O)Nc2cc(C(=O)N3CCOCC3)ccc2N2C[C@H]3C[C@@H](C2)c2cccc(=O)n2C3)cc1. The Bertz CT molecular complexity index is 1440. The fourth-order valence-electron chi connectivity index (χ4n) is 6.02. The van der Waals surface area contributed by atoms with Gasteiger partial charge in [0.2, 0.25) is 0 Å². The first-order valence-corrected chi connectivity index (χ1v) is 13.4. The van der Waals surface area contributed by atoms with Gasteiger partial charge in [0.25, 0.3) is 17.4 Å². The Balaban J connectivity index is 1.32. The smallest absolute Gasteiger partial charge is 0.255 e. The lowest BCUT2D eigenvalue weighted by atomic mass is 9.83. The van der Waals surface area contributed by atoms with Gasteiger partial charge in [0.15, 0.2) is 0 Å². The van der Waals surface area contributed by atoms with Gasteiger partial charge in [0.05, 0.1) is 31.7 Å². The van der Waals surface area contributed by atoms with Crippen molar-refractivity contribution in [1.82, 2.24) is 9.47 Å². The lowest BCUT2D eigenvalue weighted by Crippen LogP contribution is -2.47. The molecular formula is C30H32N4O5. The summed E-state index contributed by atoms with van der Waals surface area (Å²) in [5.41, 5.74) is 3.60. The summed E-state index contributed by atoms with van der Waals surface area (Å²) in [7, 11) is 1.58. The van der Waals surface area contributed by atoms with Gasteiger partial charge in [-0.2, -0.15) is 0 Å². The number of nitrogens with one attached hydrogen (secondary N) is 1. The molecule has 3 aromatic rings. The van der Waals surface area contributed by atoms with Crippen LogP contribution in [0.2, 0.25) is 0 Å². The molecule has 6 rings (SSSR count). The third-order valence-electron chi connectivity index (χ3n) is 7.96. The van der Waals surface area contributed by atoms with E-state index in [0.717, 1.165) is 30.9 Å². The van der Waals surface area contributed by atoms with Crippen LogP contribution in [0.5, 0.6) is 5.75 Å². The molecule has 2 aromatic carbocycles. The van der Waals surface area contributed by atoms with Crippen LogP contribution in [0.1, 0.15) is 38.7 Å². The Hall–Kier alpha value is -4.11. The third-order valence-corrected chi connectivity index (χ3v) is 7.96. The highest BCUT2D eigenvalue weighted by molar-refractivity contribution is 6.07. The fourth-order valence-corrected chi connectivity index (χ4v) is 6.02. The molecule has 9 heteroatoms. The van der Waals surface area contributed by atoms with E-state index in [0.29, 0.717) is 61.3 Å². The minimum atomic E-state index is -0.260. The van der Waals surface area contributed by atoms with Gasteiger partial charge in [-0.25, -0.2) is 0 Å². The molecule has 0 spiro atoms. The van der Waals surface area contributed by atoms with E-state index in [2.05, 4.69) is 10.2 Å². The van der Waals surface area contributed by atoms with Crippen LogP contribution in [0.3, 0.4) is 0 Å². The number of aromatic nitrogens is 1. The van der Waals surface area contributed by atoms with Crippen LogP contribution in [0.4, 0.5) is 11.4 Å². The van der Waals surface area contributed by atoms with Crippen molar-refractivity contribution in [1.29, 1.82) is 0 Å². The molecule has 0 aliphatic carbocycles. The maximum Gasteiger partial charge on any atom is 0.255 e. The van der Waals surface area contributed by atoms with Crippen LogP contribution in [0.25, 0.3) is 0 Å². The number of nitrogens with zero attached hydrogens (tertiary/aromatic N) is 3. The number of fused-ring (bicyclic) bond motifs is 4. The number of methoxy groups -OCH3 is 1. The molecule has 39 heavy (non-hydrogen) atoms. The molecule has 2 atom stereocenters. The molecule has 1 N–H and O–H groups in total. The van der Waals surface area contributed by atoms with Crippen molar-refractivity contribution >= 4 is 23.2 Å². The summed E-state index contributed by atoms with van der Waals surface area (Å²) in [6, 6.07) is 18.0. The molecule has 9 nitrogen and oxygen atoms in total. The number of morpholine rings is 1. The van der Waals surface area contributed by atoms with Crippen molar-refractivity contribution in [3.63, 3.8) is 0 Å². The zero-order valence-corrected chi connectivity index (χ0v) is 22.0. The van der Waals surface area contributed by atoms with E-state index < -0.39 is 0 Å². The number of hydrogen-bond donors (Lipinski definition) is 1. The zero-order chi connectivity index (χ0) is 26.9. The number of anilines is 2. The lowest BCUT2D eigenvalue weighted by Gasteiger charge is -2.44. The summed E-state index contributed by atoms with van der Waals surface area (Å²) < 4.78 is 12.5. The summed E-state index contributed by atoms with van der Waals surface area (Å²) in [6.07, 6.45) is 1.03. The number of carbonyl (C=O) groups is 2. The summed E-state index contributed by atoms with van der Waals surface area (Å²) in [5.74, 6) is 0.865. The Kier molecular flexibility index (Phi) is 6.83. The van der Waals surface area contributed by atoms with E-state index in [4.69, 9.17) is 9.47 Å². The summed E-state index contributed by atoms with van der Waals surface area (Å²) >= 11 is 0. The highest BCUT2D eigenvalue weighted by atomic mass is 16.5. The molecule has 0 radical (unpaired) electrons. The minimum Gasteiger partial charge on any atom is -0.497 e. The third kappa shape index (κ3) is 5.02. The molecule has 1 aromatic heterocycles. The second-order valence-electron chi connectivity index (χ2n) is 10.4. The predicted molar refractivity (Wildman–Crippen MR) is 148 cm³/mol. The predicted octanol–water partition coefficient (Wildman–Crippen LogP) is 3.21. The summed E-state index contributed by atoms with van der Waals surface area (Å²) in [5, 5.41) is 3.08. The number of carbonyl (C=O) groups excluding carboxylic acids is 2. The molecular weight excluding hydrogens is 496 g/mol. The number of amides is 2. The van der Waals surface area contributed by atoms with Gasteiger partial charge in [-0.05, 0) is 60.9 Å². The first kappa shape index (κ1) is 25.2. The van der Waals surface area contributed by atoms with Crippen molar-refractivity contribution in [2.45, 2.75) is 18.9 Å². The largest absolute Gasteiger partial charge is 0.497 e. The van der Waals surface area contributed by atoms with Crippen molar-refractivity contribution < 1.29 is 19.1 Å². The molecule has 2 amide bonds. The average molecular weight is 529 g/mol. The average Bonchev–Trinajstić information content (AvgIpc) is 2.97. The quantitative estimate of drug-likeness (QED) is 0.547. The Morgan fingerprint density at radius 2 is 1.72 bits per heavy atom. The maximum absolute atomic E-state index is 13.3. The molecule has 0 unspecified atom stereocenters. The molecule has 4 heterocycles. The Morgan fingerprint density at radius 1 is 0.949 bits per heavy atom. The van der Waals surface area contributed by atoms with Gasteiger partial charge in [0, 0.05) is 61.5 Å². The van der Waals surface area contributed by atoms with Crippen LogP contribution in [0.15, 0.2) is 65.5 Å². The van der Waals surface area contributed by atoms with Gasteiger partial charge in [0.1, 0.15) is 5.75 Å². The van der Waals surface area contributed by atoms with Crippen LogP contribution in [-0.4, -0.2) is 67.8 Å². The van der Waals surface area contributed by atoms with Gasteiger partial charge >= 0.3 is 0 Å². The van der Waals surface area contributed by atoms with Gasteiger partial charge < -0.3 is 29.2 Å². The van der Waals surface area contributed by atoms with E-state index in [1.54, 1.807) is 48.4 Å². The first-order chi connectivity index (χ1) is 19.0. The number of rotatable bonds is 5. The molecule has 2 fully saturated rings. The van der Waals surface area contributed by atoms with Crippen molar-refractivity contribution in [3.8, 4) is 5.75 Å². The van der Waals surface area contributed by atoms with E-state index in [1.165, 1.54) is 0 Å². The monoisotopic (exact) mass is 528 g/mol. The second-order valence-corrected chi connectivity index (χ2v) is 10.4. The second kappa shape index (κ2) is 10.6. The number of pyridine rings is 1. The molecule has 3 aliphatic heterocycles. The molecule has 2 saturated heterocycles. The maximum atomic E-state index is 13.3. The van der Waals surface area contributed by atoms with Gasteiger partial charge in [-0.15, -0.1) is 0 Å². The highest BCUT2D eigenvalue weighted by Crippen LogP contribution is 2.39. The number of piperidine rings is 1. The highest BCUT2D eigenvalue weighted by Gasteiger charge is 2.35. The number of benzene rings is 2. The van der Waals surface area contributed by atoms with E-state index in [9.17, 15) is 14.4 Å². The first-order valence-electron chi connectivity index (χ1n) is 13.4. The standard InChI is InChI=1S/C30H32N4O5/c1-38-24-8-5-21(6-9-24)29(36)31-25-16-22(30(37)32-11-13-39-14-12-32)7-10-27(25)33-17-20-15-23(19-33)26-3-2-4-28(35)34(26)18-20/h2-10,16,20,23H,11-15,17-19H2,1H3,(H,31,36)/t20-,23+/m1/s1. The lowest BCUT2D eigenvalue weighted by molar-refractivity contribution is 0.0303. The fraction of sp³-hybridized carbons (Fsp3) is 0.367. The van der Waals surface area contributed by atoms with Crippen molar-refractivity contribution in [3.05, 3.63) is 87.8 Å². The molecule has 2 bridgehead atoms. The summed E-state index contributed by atoms with van der Waals surface area (Å²) in [6.45, 7) is 4.30. The summed E-state index contributed by atoms with van der Waals surface area (Å²) in [4.78, 5) is 43.1. The molecule has 202 valence electrons. The Morgan fingerprint density at radius 3 is 2.49 bits per heavy atom. The van der Waals surface area contributed by atoms with E-state index in [1.807, 2.05) is 28.8 Å². The van der Waals surface area contributed by atoms with Crippen molar-refractivity contribution in [2.24, 2.45) is 5.92 Å². The van der Waals surface area contributed by atoms with Gasteiger partial charge in [-0.3, -0.25) is 14.4 Å². The minimum absolute atomic E-state index is 0.0501. The molecule has 0 saturated carbocycles. The van der Waals surface area contributed by atoms with Crippen LogP contribution in [-0.2, 0) is 11.3 Å². The number of ether oxygens (including phenoxy) is 2.